The molecule has 0 amide bonds. The molecule has 6 heteroatoms. The molecule has 0 fully saturated rings. The van der Waals surface area contributed by atoms with Crippen LogP contribution in [0.1, 0.15) is 28.4 Å². The molecule has 1 aromatic carbocycles. The van der Waals surface area contributed by atoms with Crippen LogP contribution in [0.5, 0.6) is 5.88 Å². The smallest absolute Gasteiger partial charge is 0.347 e. The SMILES string of the molecule is CCOC(=O)c1c(O)n2ccccc2c(Cc2ccc(N(C)C)cc2)c1=O. The van der Waals surface area contributed by atoms with Crippen LogP contribution in [0.15, 0.2) is 53.5 Å². The van der Waals surface area contributed by atoms with Crippen molar-refractivity contribution in [2.75, 3.05) is 25.6 Å². The fourth-order valence-electron chi connectivity index (χ4n) is 3.04. The number of carbonyl (C=O) groups is 1. The zero-order chi connectivity index (χ0) is 19.6. The average molecular weight is 366 g/mol. The van der Waals surface area contributed by atoms with E-state index < -0.39 is 17.3 Å². The van der Waals surface area contributed by atoms with Crippen LogP contribution >= 0.6 is 0 Å². The quantitative estimate of drug-likeness (QED) is 0.703. The molecule has 0 bridgehead atoms. The maximum atomic E-state index is 13.0. The molecular formula is C21H22N2O4. The second-order valence-electron chi connectivity index (χ2n) is 6.42. The molecule has 27 heavy (non-hydrogen) atoms. The highest BCUT2D eigenvalue weighted by atomic mass is 16.5. The Bertz CT molecular complexity index is 1040. The minimum atomic E-state index is -0.817. The zero-order valence-electron chi connectivity index (χ0n) is 15.6. The summed E-state index contributed by atoms with van der Waals surface area (Å²) >= 11 is 0. The second kappa shape index (κ2) is 7.53. The van der Waals surface area contributed by atoms with Gasteiger partial charge in [0.25, 0.3) is 0 Å². The Balaban J connectivity index is 2.16. The Hall–Kier alpha value is -3.28. The number of esters is 1. The molecule has 2 heterocycles. The fourth-order valence-corrected chi connectivity index (χ4v) is 3.04. The summed E-state index contributed by atoms with van der Waals surface area (Å²) in [6, 6.07) is 13.1. The van der Waals surface area contributed by atoms with E-state index in [-0.39, 0.29) is 12.2 Å². The van der Waals surface area contributed by atoms with Gasteiger partial charge in [-0.2, -0.15) is 0 Å². The lowest BCUT2D eigenvalue weighted by atomic mass is 10.0. The summed E-state index contributed by atoms with van der Waals surface area (Å²) in [4.78, 5) is 27.3. The maximum absolute atomic E-state index is 13.0. The summed E-state index contributed by atoms with van der Waals surface area (Å²) < 4.78 is 6.41. The van der Waals surface area contributed by atoms with Gasteiger partial charge in [0.2, 0.25) is 11.3 Å². The number of hydrogen-bond donors (Lipinski definition) is 1. The van der Waals surface area contributed by atoms with E-state index in [1.165, 1.54) is 4.40 Å². The molecule has 0 spiro atoms. The van der Waals surface area contributed by atoms with Crippen molar-refractivity contribution in [3.05, 3.63) is 75.6 Å². The molecule has 3 aromatic rings. The summed E-state index contributed by atoms with van der Waals surface area (Å²) in [6.07, 6.45) is 1.96. The number of nitrogens with zero attached hydrogens (tertiary/aromatic N) is 2. The number of rotatable bonds is 5. The van der Waals surface area contributed by atoms with Crippen LogP contribution in [0.2, 0.25) is 0 Å². The summed E-state index contributed by atoms with van der Waals surface area (Å²) in [6.45, 7) is 1.78. The predicted molar refractivity (Wildman–Crippen MR) is 105 cm³/mol. The Morgan fingerprint density at radius 2 is 1.85 bits per heavy atom. The molecule has 2 aromatic heterocycles. The van der Waals surface area contributed by atoms with Crippen molar-refractivity contribution in [1.82, 2.24) is 4.40 Å². The highest BCUT2D eigenvalue weighted by molar-refractivity contribution is 5.93. The van der Waals surface area contributed by atoms with Gasteiger partial charge < -0.3 is 14.7 Å². The topological polar surface area (TPSA) is 71.2 Å². The van der Waals surface area contributed by atoms with Crippen LogP contribution in [0.25, 0.3) is 5.52 Å². The van der Waals surface area contributed by atoms with Gasteiger partial charge in [0.15, 0.2) is 5.56 Å². The third kappa shape index (κ3) is 3.51. The molecule has 0 saturated carbocycles. The second-order valence-corrected chi connectivity index (χ2v) is 6.42. The first kappa shape index (κ1) is 18.5. The van der Waals surface area contributed by atoms with Crippen LogP contribution in [0.4, 0.5) is 5.69 Å². The molecule has 0 aliphatic heterocycles. The standard InChI is InChI=1S/C21H22N2O4/c1-4-27-21(26)18-19(24)16(17-7-5-6-12-23(17)20(18)25)13-14-8-10-15(11-9-14)22(2)3/h5-12,25H,4,13H2,1-3H3. The van der Waals surface area contributed by atoms with E-state index in [1.54, 1.807) is 31.3 Å². The number of hydrogen-bond acceptors (Lipinski definition) is 5. The lowest BCUT2D eigenvalue weighted by molar-refractivity contribution is 0.0520. The van der Waals surface area contributed by atoms with Crippen molar-refractivity contribution < 1.29 is 14.6 Å². The van der Waals surface area contributed by atoms with Crippen molar-refractivity contribution in [2.45, 2.75) is 13.3 Å². The van der Waals surface area contributed by atoms with Crippen LogP contribution in [-0.4, -0.2) is 36.2 Å². The normalized spacial score (nSPS) is 10.8. The Kier molecular flexibility index (Phi) is 5.16. The van der Waals surface area contributed by atoms with Crippen LogP contribution in [-0.2, 0) is 11.2 Å². The summed E-state index contributed by atoms with van der Waals surface area (Å²) in [5.41, 5.74) is 2.15. The molecule has 6 nitrogen and oxygen atoms in total. The minimum absolute atomic E-state index is 0.122. The van der Waals surface area contributed by atoms with Crippen molar-refractivity contribution in [2.24, 2.45) is 0 Å². The molecule has 0 unspecified atom stereocenters. The number of anilines is 1. The van der Waals surface area contributed by atoms with Gasteiger partial charge in [-0.25, -0.2) is 4.79 Å². The first-order valence-electron chi connectivity index (χ1n) is 8.72. The van der Waals surface area contributed by atoms with Gasteiger partial charge in [0, 0.05) is 38.0 Å². The van der Waals surface area contributed by atoms with Gasteiger partial charge in [-0.05, 0) is 36.8 Å². The van der Waals surface area contributed by atoms with Gasteiger partial charge >= 0.3 is 5.97 Å². The van der Waals surface area contributed by atoms with E-state index in [1.807, 2.05) is 43.3 Å². The molecule has 1 N–H and O–H groups in total. The highest BCUT2D eigenvalue weighted by Crippen LogP contribution is 2.23. The molecule has 0 saturated heterocycles. The number of ether oxygens (including phenoxy) is 1. The summed E-state index contributed by atoms with van der Waals surface area (Å²) in [5, 5.41) is 10.5. The number of aromatic nitrogens is 1. The number of carbonyl (C=O) groups excluding carboxylic acids is 1. The summed E-state index contributed by atoms with van der Waals surface area (Å²) in [7, 11) is 3.92. The minimum Gasteiger partial charge on any atom is -0.493 e. The molecule has 3 rings (SSSR count). The zero-order valence-corrected chi connectivity index (χ0v) is 15.6. The van der Waals surface area contributed by atoms with E-state index >= 15 is 0 Å². The van der Waals surface area contributed by atoms with Crippen molar-refractivity contribution in [3.63, 3.8) is 0 Å². The van der Waals surface area contributed by atoms with Gasteiger partial charge in [0.1, 0.15) is 0 Å². The molecular weight excluding hydrogens is 344 g/mol. The van der Waals surface area contributed by atoms with Crippen molar-refractivity contribution >= 4 is 17.2 Å². The summed E-state index contributed by atoms with van der Waals surface area (Å²) in [5.74, 6) is -1.22. The lowest BCUT2D eigenvalue weighted by Gasteiger charge is -2.15. The van der Waals surface area contributed by atoms with Crippen LogP contribution in [0, 0.1) is 0 Å². The largest absolute Gasteiger partial charge is 0.493 e. The molecule has 140 valence electrons. The van der Waals surface area contributed by atoms with E-state index in [0.29, 0.717) is 17.5 Å². The number of benzene rings is 1. The van der Waals surface area contributed by atoms with E-state index in [9.17, 15) is 14.7 Å². The Morgan fingerprint density at radius 3 is 2.48 bits per heavy atom. The number of fused-ring (bicyclic) bond motifs is 1. The predicted octanol–water partition coefficient (Wildman–Crippen LogP) is 2.84. The molecule has 0 aliphatic rings. The van der Waals surface area contributed by atoms with Crippen molar-refractivity contribution in [1.29, 1.82) is 0 Å². The molecule has 0 aliphatic carbocycles. The highest BCUT2D eigenvalue weighted by Gasteiger charge is 2.23. The number of aromatic hydroxyl groups is 1. The Labute approximate surface area is 157 Å². The van der Waals surface area contributed by atoms with E-state index in [4.69, 9.17) is 4.74 Å². The lowest BCUT2D eigenvalue weighted by Crippen LogP contribution is -2.23. The van der Waals surface area contributed by atoms with Crippen molar-refractivity contribution in [3.8, 4) is 5.88 Å². The molecule has 0 radical (unpaired) electrons. The number of pyridine rings is 2. The first-order valence-corrected chi connectivity index (χ1v) is 8.72. The first-order chi connectivity index (χ1) is 12.9. The van der Waals surface area contributed by atoms with E-state index in [2.05, 4.69) is 0 Å². The maximum Gasteiger partial charge on any atom is 0.347 e. The van der Waals surface area contributed by atoms with Crippen LogP contribution in [0.3, 0.4) is 0 Å². The third-order valence-corrected chi connectivity index (χ3v) is 4.44. The van der Waals surface area contributed by atoms with Gasteiger partial charge in [-0.1, -0.05) is 18.2 Å². The molecule has 0 atom stereocenters. The van der Waals surface area contributed by atoms with Gasteiger partial charge in [-0.3, -0.25) is 9.20 Å². The van der Waals surface area contributed by atoms with Gasteiger partial charge in [0.05, 0.1) is 12.1 Å². The average Bonchev–Trinajstić information content (AvgIpc) is 2.66. The third-order valence-electron chi connectivity index (χ3n) is 4.44. The van der Waals surface area contributed by atoms with E-state index in [0.717, 1.165) is 11.3 Å². The fraction of sp³-hybridized carbons (Fsp3) is 0.238. The Morgan fingerprint density at radius 1 is 1.15 bits per heavy atom. The van der Waals surface area contributed by atoms with Crippen LogP contribution < -0.4 is 10.3 Å². The monoisotopic (exact) mass is 366 g/mol. The van der Waals surface area contributed by atoms with Gasteiger partial charge in [-0.15, -0.1) is 0 Å².